The smallest absolute Gasteiger partial charge is 0.500 e. The third kappa shape index (κ3) is 14.6. The van der Waals surface area contributed by atoms with E-state index in [0.29, 0.717) is 0 Å². The highest BCUT2D eigenvalue weighted by molar-refractivity contribution is 6.60. The van der Waals surface area contributed by atoms with E-state index in [1.54, 1.807) is 21.3 Å². The summed E-state index contributed by atoms with van der Waals surface area (Å²) in [6, 6.07) is 0.926. The second-order valence-corrected chi connectivity index (χ2v) is 11.9. The van der Waals surface area contributed by atoms with Gasteiger partial charge in [-0.05, 0) is 38.5 Å². The molecule has 0 heterocycles. The number of halogens is 1. The third-order valence-corrected chi connectivity index (χ3v) is 9.34. The average Bonchev–Trinajstić information content (AvgIpc) is 2.75. The lowest BCUT2D eigenvalue weighted by Crippen LogP contribution is -3.00. The molecule has 184 valence electrons. The number of unbranched alkanes of at least 4 members (excludes halogenated alkanes) is 9. The second kappa shape index (κ2) is 21.4. The molecule has 0 aromatic heterocycles. The van der Waals surface area contributed by atoms with Crippen molar-refractivity contribution in [2.24, 2.45) is 0 Å². The Bertz CT molecular complexity index is 318. The van der Waals surface area contributed by atoms with Gasteiger partial charge < -0.3 is 34.7 Å². The maximum atomic E-state index is 5.68. The van der Waals surface area contributed by atoms with Crippen LogP contribution in [0.25, 0.3) is 0 Å². The summed E-state index contributed by atoms with van der Waals surface area (Å²) >= 11 is 0. The molecule has 30 heavy (non-hydrogen) atoms. The van der Waals surface area contributed by atoms with E-state index in [2.05, 4.69) is 20.8 Å². The topological polar surface area (TPSA) is 27.7 Å². The molecule has 0 atom stereocenters. The van der Waals surface area contributed by atoms with Crippen LogP contribution in [0.15, 0.2) is 0 Å². The van der Waals surface area contributed by atoms with Crippen molar-refractivity contribution in [1.29, 1.82) is 0 Å². The lowest BCUT2D eigenvalue weighted by Gasteiger charge is -2.40. The molecule has 0 unspecified atom stereocenters. The molecule has 6 heteroatoms. The highest BCUT2D eigenvalue weighted by Crippen LogP contribution is 2.22. The summed E-state index contributed by atoms with van der Waals surface area (Å²) in [4.78, 5) is 0. The van der Waals surface area contributed by atoms with E-state index in [-0.39, 0.29) is 17.0 Å². The van der Waals surface area contributed by atoms with Crippen molar-refractivity contribution in [3.8, 4) is 0 Å². The maximum Gasteiger partial charge on any atom is 0.500 e. The lowest BCUT2D eigenvalue weighted by molar-refractivity contribution is -0.929. The Morgan fingerprint density at radius 3 is 1.13 bits per heavy atom. The molecule has 0 aliphatic heterocycles. The quantitative estimate of drug-likeness (QED) is 0.125. The number of nitrogens with zero attached hydrogens (tertiary/aromatic N) is 1. The molecule has 0 saturated heterocycles. The first-order valence-corrected chi connectivity index (χ1v) is 14.5. The van der Waals surface area contributed by atoms with Gasteiger partial charge in [0.05, 0.1) is 26.2 Å². The van der Waals surface area contributed by atoms with Crippen molar-refractivity contribution in [3.63, 3.8) is 0 Å². The van der Waals surface area contributed by atoms with Crippen LogP contribution in [0.5, 0.6) is 0 Å². The molecule has 0 aromatic rings. The van der Waals surface area contributed by atoms with Gasteiger partial charge in [0.1, 0.15) is 0 Å². The van der Waals surface area contributed by atoms with Crippen LogP contribution >= 0.6 is 0 Å². The van der Waals surface area contributed by atoms with Crippen molar-refractivity contribution in [3.05, 3.63) is 0 Å². The molecule has 0 aliphatic carbocycles. The fourth-order valence-electron chi connectivity index (χ4n) is 4.48. The van der Waals surface area contributed by atoms with E-state index in [0.717, 1.165) is 12.5 Å². The first-order valence-electron chi connectivity index (χ1n) is 12.6. The van der Waals surface area contributed by atoms with Gasteiger partial charge in [-0.15, -0.1) is 0 Å². The van der Waals surface area contributed by atoms with E-state index in [1.807, 2.05) is 0 Å². The number of hydrogen-bond donors (Lipinski definition) is 0. The van der Waals surface area contributed by atoms with Crippen molar-refractivity contribution in [2.75, 3.05) is 47.5 Å². The van der Waals surface area contributed by atoms with Gasteiger partial charge >= 0.3 is 8.80 Å². The van der Waals surface area contributed by atoms with Crippen LogP contribution in [0.4, 0.5) is 0 Å². The largest absolute Gasteiger partial charge is 1.00 e. The van der Waals surface area contributed by atoms with E-state index < -0.39 is 8.80 Å². The molecule has 0 rings (SSSR count). The van der Waals surface area contributed by atoms with Crippen LogP contribution in [-0.2, 0) is 13.3 Å². The van der Waals surface area contributed by atoms with Gasteiger partial charge in [0, 0.05) is 33.8 Å². The number of rotatable bonds is 22. The molecular weight excluding hydrogens is 458 g/mol. The standard InChI is InChI=1S/C24H54NO3Si.BrH/c1-7-10-13-16-20-25(21-17-14-11-8-2,22-18-15-12-9-3)23-19-24-29(26-4,27-5)28-6;/h7-24H2,1-6H3;1H/q+1;/p-1. The minimum atomic E-state index is -2.46. The average molecular weight is 513 g/mol. The predicted molar refractivity (Wildman–Crippen MR) is 128 cm³/mol. The zero-order chi connectivity index (χ0) is 21.8. The van der Waals surface area contributed by atoms with Gasteiger partial charge in [0.15, 0.2) is 0 Å². The van der Waals surface area contributed by atoms with E-state index in [9.17, 15) is 0 Å². The molecule has 0 N–H and O–H groups in total. The Morgan fingerprint density at radius 1 is 0.500 bits per heavy atom. The van der Waals surface area contributed by atoms with E-state index in [1.165, 1.54) is 108 Å². The first-order chi connectivity index (χ1) is 14.1. The van der Waals surface area contributed by atoms with Crippen LogP contribution < -0.4 is 17.0 Å². The van der Waals surface area contributed by atoms with E-state index in [4.69, 9.17) is 13.3 Å². The van der Waals surface area contributed by atoms with Gasteiger partial charge in [-0.3, -0.25) is 0 Å². The lowest BCUT2D eigenvalue weighted by atomic mass is 10.1. The second-order valence-electron chi connectivity index (χ2n) is 8.82. The molecule has 0 spiro atoms. The Labute approximate surface area is 201 Å². The third-order valence-electron chi connectivity index (χ3n) is 6.51. The minimum Gasteiger partial charge on any atom is -1.00 e. The summed E-state index contributed by atoms with van der Waals surface area (Å²) in [5.41, 5.74) is 0. The predicted octanol–water partition coefficient (Wildman–Crippen LogP) is 3.82. The molecule has 0 amide bonds. The summed E-state index contributed by atoms with van der Waals surface area (Å²) < 4.78 is 18.3. The molecule has 0 bridgehead atoms. The van der Waals surface area contributed by atoms with Crippen LogP contribution in [0.1, 0.15) is 104 Å². The van der Waals surface area contributed by atoms with Gasteiger partial charge in [-0.2, -0.15) is 0 Å². The fourth-order valence-corrected chi connectivity index (χ4v) is 6.18. The molecular formula is C24H54BrNO3Si. The van der Waals surface area contributed by atoms with Gasteiger partial charge in [0.2, 0.25) is 0 Å². The molecule has 4 nitrogen and oxygen atoms in total. The highest BCUT2D eigenvalue weighted by Gasteiger charge is 2.38. The first kappa shape index (κ1) is 32.7. The Kier molecular flexibility index (Phi) is 23.3. The normalized spacial score (nSPS) is 12.2. The van der Waals surface area contributed by atoms with Crippen molar-refractivity contribution >= 4 is 8.80 Å². The Morgan fingerprint density at radius 2 is 0.833 bits per heavy atom. The summed E-state index contributed by atoms with van der Waals surface area (Å²) in [6.45, 7) is 12.2. The molecule has 0 saturated carbocycles. The summed E-state index contributed by atoms with van der Waals surface area (Å²) in [5, 5.41) is 0. The summed E-state index contributed by atoms with van der Waals surface area (Å²) in [6.07, 6.45) is 17.5. The zero-order valence-electron chi connectivity index (χ0n) is 21.3. The van der Waals surface area contributed by atoms with Crippen molar-refractivity contribution in [2.45, 2.75) is 110 Å². The van der Waals surface area contributed by atoms with E-state index >= 15 is 0 Å². The van der Waals surface area contributed by atoms with Crippen LogP contribution in [0.2, 0.25) is 6.04 Å². The number of quaternary nitrogens is 1. The molecule has 0 fully saturated rings. The summed E-state index contributed by atoms with van der Waals surface area (Å²) in [5.74, 6) is 0. The van der Waals surface area contributed by atoms with Crippen LogP contribution in [0.3, 0.4) is 0 Å². The monoisotopic (exact) mass is 511 g/mol. The van der Waals surface area contributed by atoms with Gasteiger partial charge in [-0.1, -0.05) is 59.3 Å². The SMILES string of the molecule is CCCCCC[N+](CCCCCC)(CCCCCC)CCC[Si](OC)(OC)OC.[Br-]. The van der Waals surface area contributed by atoms with Crippen LogP contribution in [0, 0.1) is 0 Å². The highest BCUT2D eigenvalue weighted by atomic mass is 79.9. The maximum absolute atomic E-state index is 5.68. The molecule has 0 aliphatic rings. The Balaban J connectivity index is 0. The van der Waals surface area contributed by atoms with Gasteiger partial charge in [-0.25, -0.2) is 0 Å². The van der Waals surface area contributed by atoms with Gasteiger partial charge in [0.25, 0.3) is 0 Å². The van der Waals surface area contributed by atoms with Crippen LogP contribution in [-0.4, -0.2) is 60.8 Å². The van der Waals surface area contributed by atoms with Crippen molar-refractivity contribution < 1.29 is 34.7 Å². The zero-order valence-corrected chi connectivity index (χ0v) is 23.9. The molecule has 0 radical (unpaired) electrons. The number of hydrogen-bond acceptors (Lipinski definition) is 3. The molecule has 0 aromatic carbocycles. The van der Waals surface area contributed by atoms with Crippen molar-refractivity contribution in [1.82, 2.24) is 0 Å². The minimum absolute atomic E-state index is 0. The Hall–Kier alpha value is 0.537. The summed E-state index contributed by atoms with van der Waals surface area (Å²) in [7, 11) is 2.75. The fraction of sp³-hybridized carbons (Fsp3) is 1.00.